The maximum absolute atomic E-state index is 4.73. The standard InChI is InChI=1S/C17H24N4/c1-14(17-9-5-6-11-18-17)19-13-15-10-12-21(20-15)16-7-3-2-4-8-16/h5-6,9-12,14,16,19H,2-4,7-8,13H2,1H3/t14-/m0/s1. The monoisotopic (exact) mass is 284 g/mol. The van der Waals surface area contributed by atoms with Crippen molar-refractivity contribution in [2.75, 3.05) is 0 Å². The lowest BCUT2D eigenvalue weighted by Gasteiger charge is -2.21. The van der Waals surface area contributed by atoms with Crippen LogP contribution in [0.1, 0.15) is 62.5 Å². The topological polar surface area (TPSA) is 42.7 Å². The van der Waals surface area contributed by atoms with Crippen LogP contribution in [0.5, 0.6) is 0 Å². The molecular formula is C17H24N4. The molecule has 1 saturated carbocycles. The van der Waals surface area contributed by atoms with Gasteiger partial charge >= 0.3 is 0 Å². The van der Waals surface area contributed by atoms with Crippen molar-refractivity contribution in [1.82, 2.24) is 20.1 Å². The fraction of sp³-hybridized carbons (Fsp3) is 0.529. The largest absolute Gasteiger partial charge is 0.303 e. The van der Waals surface area contributed by atoms with E-state index in [0.717, 1.165) is 17.9 Å². The van der Waals surface area contributed by atoms with E-state index in [2.05, 4.69) is 40.2 Å². The molecule has 0 bridgehead atoms. The molecular weight excluding hydrogens is 260 g/mol. The Hall–Kier alpha value is -1.68. The molecule has 1 aliphatic rings. The van der Waals surface area contributed by atoms with E-state index in [1.807, 2.05) is 18.3 Å². The van der Waals surface area contributed by atoms with Crippen LogP contribution in [-0.4, -0.2) is 14.8 Å². The predicted octanol–water partition coefficient (Wildman–Crippen LogP) is 3.63. The Morgan fingerprint density at radius 2 is 2.10 bits per heavy atom. The Morgan fingerprint density at radius 1 is 1.24 bits per heavy atom. The van der Waals surface area contributed by atoms with Crippen molar-refractivity contribution < 1.29 is 0 Å². The third-order valence-corrected chi connectivity index (χ3v) is 4.33. The second-order valence-corrected chi connectivity index (χ2v) is 5.94. The van der Waals surface area contributed by atoms with Crippen LogP contribution in [0.15, 0.2) is 36.7 Å². The van der Waals surface area contributed by atoms with E-state index < -0.39 is 0 Å². The quantitative estimate of drug-likeness (QED) is 0.911. The van der Waals surface area contributed by atoms with Crippen molar-refractivity contribution in [2.24, 2.45) is 0 Å². The predicted molar refractivity (Wildman–Crippen MR) is 83.8 cm³/mol. The molecule has 4 nitrogen and oxygen atoms in total. The minimum absolute atomic E-state index is 0.242. The van der Waals surface area contributed by atoms with Gasteiger partial charge in [-0.3, -0.25) is 9.67 Å². The van der Waals surface area contributed by atoms with Crippen molar-refractivity contribution in [3.63, 3.8) is 0 Å². The minimum atomic E-state index is 0.242. The van der Waals surface area contributed by atoms with Gasteiger partial charge in [-0.05, 0) is 38.0 Å². The van der Waals surface area contributed by atoms with Gasteiger partial charge < -0.3 is 5.32 Å². The zero-order chi connectivity index (χ0) is 14.5. The molecule has 1 atom stereocenters. The minimum Gasteiger partial charge on any atom is -0.303 e. The van der Waals surface area contributed by atoms with Gasteiger partial charge in [0.15, 0.2) is 0 Å². The first kappa shape index (κ1) is 14.3. The highest BCUT2D eigenvalue weighted by Crippen LogP contribution is 2.27. The summed E-state index contributed by atoms with van der Waals surface area (Å²) in [6.45, 7) is 2.93. The first-order chi connectivity index (χ1) is 10.3. The molecule has 1 aliphatic carbocycles. The van der Waals surface area contributed by atoms with Gasteiger partial charge in [0.2, 0.25) is 0 Å². The zero-order valence-corrected chi connectivity index (χ0v) is 12.7. The fourth-order valence-corrected chi connectivity index (χ4v) is 3.01. The summed E-state index contributed by atoms with van der Waals surface area (Å²) >= 11 is 0. The lowest BCUT2D eigenvalue weighted by atomic mass is 9.96. The van der Waals surface area contributed by atoms with E-state index >= 15 is 0 Å². The summed E-state index contributed by atoms with van der Waals surface area (Å²) < 4.78 is 2.17. The molecule has 0 radical (unpaired) electrons. The van der Waals surface area contributed by atoms with E-state index in [9.17, 15) is 0 Å². The Bertz CT molecular complexity index is 543. The van der Waals surface area contributed by atoms with Crippen LogP contribution in [0.3, 0.4) is 0 Å². The molecule has 112 valence electrons. The summed E-state index contributed by atoms with van der Waals surface area (Å²) in [4.78, 5) is 4.38. The molecule has 2 aromatic rings. The third-order valence-electron chi connectivity index (χ3n) is 4.33. The molecule has 2 aromatic heterocycles. The molecule has 0 aliphatic heterocycles. The number of rotatable bonds is 5. The summed E-state index contributed by atoms with van der Waals surface area (Å²) in [6, 6.07) is 9.01. The second-order valence-electron chi connectivity index (χ2n) is 5.94. The van der Waals surface area contributed by atoms with Crippen LogP contribution in [0.25, 0.3) is 0 Å². The highest BCUT2D eigenvalue weighted by molar-refractivity contribution is 5.08. The molecule has 2 heterocycles. The number of hydrogen-bond acceptors (Lipinski definition) is 3. The van der Waals surface area contributed by atoms with Gasteiger partial charge in [0, 0.05) is 25.0 Å². The van der Waals surface area contributed by atoms with Gasteiger partial charge in [-0.1, -0.05) is 25.3 Å². The average Bonchev–Trinajstić information content (AvgIpc) is 3.03. The van der Waals surface area contributed by atoms with E-state index in [-0.39, 0.29) is 6.04 Å². The maximum atomic E-state index is 4.73. The average molecular weight is 284 g/mol. The van der Waals surface area contributed by atoms with Crippen LogP contribution >= 0.6 is 0 Å². The fourth-order valence-electron chi connectivity index (χ4n) is 3.01. The summed E-state index contributed by atoms with van der Waals surface area (Å²) in [5.74, 6) is 0. The summed E-state index contributed by atoms with van der Waals surface area (Å²) in [5, 5.41) is 8.23. The van der Waals surface area contributed by atoms with Crippen LogP contribution in [0.4, 0.5) is 0 Å². The number of pyridine rings is 1. The van der Waals surface area contributed by atoms with Crippen LogP contribution in [-0.2, 0) is 6.54 Å². The molecule has 0 spiro atoms. The van der Waals surface area contributed by atoms with Crippen LogP contribution in [0.2, 0.25) is 0 Å². The van der Waals surface area contributed by atoms with E-state index in [1.165, 1.54) is 32.1 Å². The van der Waals surface area contributed by atoms with Crippen molar-refractivity contribution in [2.45, 2.75) is 57.7 Å². The molecule has 3 rings (SSSR count). The first-order valence-corrected chi connectivity index (χ1v) is 8.01. The van der Waals surface area contributed by atoms with Crippen molar-refractivity contribution in [1.29, 1.82) is 0 Å². The number of hydrogen-bond donors (Lipinski definition) is 1. The Morgan fingerprint density at radius 3 is 2.86 bits per heavy atom. The normalized spacial score (nSPS) is 17.8. The van der Waals surface area contributed by atoms with Crippen molar-refractivity contribution in [3.05, 3.63) is 48.0 Å². The summed E-state index contributed by atoms with van der Waals surface area (Å²) in [5.41, 5.74) is 2.19. The molecule has 0 unspecified atom stereocenters. The second kappa shape index (κ2) is 6.85. The van der Waals surface area contributed by atoms with Gasteiger partial charge in [-0.15, -0.1) is 0 Å². The maximum Gasteiger partial charge on any atom is 0.0762 e. The summed E-state index contributed by atoms with van der Waals surface area (Å²) in [6.07, 6.45) is 10.6. The molecule has 0 saturated heterocycles. The smallest absolute Gasteiger partial charge is 0.0762 e. The summed E-state index contributed by atoms with van der Waals surface area (Å²) in [7, 11) is 0. The van der Waals surface area contributed by atoms with Gasteiger partial charge in [0.1, 0.15) is 0 Å². The molecule has 0 amide bonds. The SMILES string of the molecule is C[C@H](NCc1ccn(C2CCCCC2)n1)c1ccccn1. The van der Waals surface area contributed by atoms with Crippen molar-refractivity contribution in [3.8, 4) is 0 Å². The number of aromatic nitrogens is 3. The number of nitrogens with one attached hydrogen (secondary N) is 1. The highest BCUT2D eigenvalue weighted by atomic mass is 15.3. The van der Waals surface area contributed by atoms with E-state index in [4.69, 9.17) is 5.10 Å². The molecule has 1 fully saturated rings. The van der Waals surface area contributed by atoms with Gasteiger partial charge in [0.05, 0.1) is 17.4 Å². The molecule has 21 heavy (non-hydrogen) atoms. The highest BCUT2D eigenvalue weighted by Gasteiger charge is 2.16. The Labute approximate surface area is 126 Å². The van der Waals surface area contributed by atoms with Gasteiger partial charge in [-0.2, -0.15) is 5.10 Å². The third kappa shape index (κ3) is 3.70. The molecule has 0 aromatic carbocycles. The number of nitrogens with zero attached hydrogens (tertiary/aromatic N) is 3. The van der Waals surface area contributed by atoms with Crippen molar-refractivity contribution >= 4 is 0 Å². The van der Waals surface area contributed by atoms with E-state index in [0.29, 0.717) is 6.04 Å². The molecule has 4 heteroatoms. The van der Waals surface area contributed by atoms with Gasteiger partial charge in [-0.25, -0.2) is 0 Å². The Balaban J connectivity index is 1.55. The lowest BCUT2D eigenvalue weighted by molar-refractivity contribution is 0.327. The van der Waals surface area contributed by atoms with E-state index in [1.54, 1.807) is 0 Å². The Kier molecular flexibility index (Phi) is 4.65. The van der Waals surface area contributed by atoms with Gasteiger partial charge in [0.25, 0.3) is 0 Å². The first-order valence-electron chi connectivity index (χ1n) is 8.01. The van der Waals surface area contributed by atoms with Crippen LogP contribution < -0.4 is 5.32 Å². The zero-order valence-electron chi connectivity index (χ0n) is 12.7. The molecule has 1 N–H and O–H groups in total. The lowest BCUT2D eigenvalue weighted by Crippen LogP contribution is -2.20. The van der Waals surface area contributed by atoms with Crippen LogP contribution in [0, 0.1) is 0 Å².